The molecule has 2 N–H and O–H groups in total. The predicted molar refractivity (Wildman–Crippen MR) is 123 cm³/mol. The van der Waals surface area contributed by atoms with Crippen molar-refractivity contribution in [2.75, 3.05) is 18.0 Å². The Labute approximate surface area is 179 Å². The number of carbonyl (C=O) groups is 2. The Bertz CT molecular complexity index is 830. The van der Waals surface area contributed by atoms with Crippen LogP contribution in [0, 0.1) is 5.92 Å². The Morgan fingerprint density at radius 2 is 1.63 bits per heavy atom. The van der Waals surface area contributed by atoms with Crippen molar-refractivity contribution in [3.8, 4) is 0 Å². The van der Waals surface area contributed by atoms with Gasteiger partial charge in [-0.25, -0.2) is 5.43 Å². The van der Waals surface area contributed by atoms with Gasteiger partial charge in [0.25, 0.3) is 11.8 Å². The molecule has 0 saturated heterocycles. The predicted octanol–water partition coefficient (Wildman–Crippen LogP) is 3.83. The fourth-order valence-electron chi connectivity index (χ4n) is 3.12. The molecule has 0 fully saturated rings. The standard InChI is InChI=1S/C24H32N4O2/c1-5-18(4)22(26-23(29)20-11-9-8-10-12-20)24(30)27-25-17-19-13-15-21(16-14-19)28(6-2)7-3/h8-18,22H,5-7H2,1-4H3,(H,26,29)(H,27,30)/t18-,22+/m1/s1. The number of anilines is 1. The maximum atomic E-state index is 12.7. The molecule has 0 spiro atoms. The number of nitrogens with zero attached hydrogens (tertiary/aromatic N) is 2. The first kappa shape index (κ1) is 23.1. The van der Waals surface area contributed by atoms with Crippen LogP contribution in [0.4, 0.5) is 5.69 Å². The highest BCUT2D eigenvalue weighted by atomic mass is 16.2. The molecule has 2 aromatic carbocycles. The van der Waals surface area contributed by atoms with Gasteiger partial charge in [-0.1, -0.05) is 50.6 Å². The van der Waals surface area contributed by atoms with Crippen molar-refractivity contribution in [2.24, 2.45) is 11.0 Å². The number of nitrogens with one attached hydrogen (secondary N) is 2. The Morgan fingerprint density at radius 1 is 1.00 bits per heavy atom. The van der Waals surface area contributed by atoms with Crippen molar-refractivity contribution < 1.29 is 9.59 Å². The van der Waals surface area contributed by atoms with Gasteiger partial charge in [-0.3, -0.25) is 9.59 Å². The van der Waals surface area contributed by atoms with Gasteiger partial charge in [0.05, 0.1) is 6.21 Å². The number of rotatable bonds is 10. The van der Waals surface area contributed by atoms with E-state index in [-0.39, 0.29) is 17.7 Å². The molecule has 0 unspecified atom stereocenters. The molecular formula is C24H32N4O2. The van der Waals surface area contributed by atoms with E-state index in [0.29, 0.717) is 5.56 Å². The number of benzene rings is 2. The maximum absolute atomic E-state index is 12.7. The first-order valence-corrected chi connectivity index (χ1v) is 10.5. The van der Waals surface area contributed by atoms with E-state index < -0.39 is 6.04 Å². The van der Waals surface area contributed by atoms with E-state index in [2.05, 4.69) is 34.6 Å². The zero-order valence-electron chi connectivity index (χ0n) is 18.3. The molecule has 2 atom stereocenters. The van der Waals surface area contributed by atoms with Gasteiger partial charge in [0.2, 0.25) is 0 Å². The number of hydrazone groups is 1. The average Bonchev–Trinajstić information content (AvgIpc) is 2.79. The molecule has 6 nitrogen and oxygen atoms in total. The molecule has 0 radical (unpaired) electrons. The monoisotopic (exact) mass is 408 g/mol. The summed E-state index contributed by atoms with van der Waals surface area (Å²) in [5, 5.41) is 6.92. The van der Waals surface area contributed by atoms with E-state index in [9.17, 15) is 9.59 Å². The van der Waals surface area contributed by atoms with Crippen LogP contribution in [0.25, 0.3) is 0 Å². The lowest BCUT2D eigenvalue weighted by atomic mass is 9.98. The van der Waals surface area contributed by atoms with Crippen molar-refractivity contribution in [1.29, 1.82) is 0 Å². The molecule has 160 valence electrons. The van der Waals surface area contributed by atoms with Crippen LogP contribution in [-0.2, 0) is 4.79 Å². The summed E-state index contributed by atoms with van der Waals surface area (Å²) in [4.78, 5) is 27.4. The van der Waals surface area contributed by atoms with E-state index in [0.717, 1.165) is 30.8 Å². The highest BCUT2D eigenvalue weighted by Gasteiger charge is 2.26. The zero-order chi connectivity index (χ0) is 21.9. The average molecular weight is 409 g/mol. The summed E-state index contributed by atoms with van der Waals surface area (Å²) >= 11 is 0. The molecule has 0 bridgehead atoms. The van der Waals surface area contributed by atoms with Crippen LogP contribution < -0.4 is 15.6 Å². The largest absolute Gasteiger partial charge is 0.372 e. The Morgan fingerprint density at radius 3 is 2.20 bits per heavy atom. The van der Waals surface area contributed by atoms with Crippen LogP contribution in [0.2, 0.25) is 0 Å². The van der Waals surface area contributed by atoms with Gasteiger partial charge >= 0.3 is 0 Å². The minimum Gasteiger partial charge on any atom is -0.372 e. The topological polar surface area (TPSA) is 73.8 Å². The maximum Gasteiger partial charge on any atom is 0.262 e. The normalized spacial score (nSPS) is 12.9. The molecule has 0 aliphatic heterocycles. The lowest BCUT2D eigenvalue weighted by Gasteiger charge is -2.22. The van der Waals surface area contributed by atoms with Crippen molar-refractivity contribution in [2.45, 2.75) is 40.2 Å². The summed E-state index contributed by atoms with van der Waals surface area (Å²) < 4.78 is 0. The summed E-state index contributed by atoms with van der Waals surface area (Å²) in [6.07, 6.45) is 2.36. The second-order valence-electron chi connectivity index (χ2n) is 7.20. The number of carbonyl (C=O) groups excluding carboxylic acids is 2. The van der Waals surface area contributed by atoms with Gasteiger partial charge < -0.3 is 10.2 Å². The number of hydrogen-bond donors (Lipinski definition) is 2. The summed E-state index contributed by atoms with van der Waals surface area (Å²) in [6, 6.07) is 16.2. The lowest BCUT2D eigenvalue weighted by molar-refractivity contribution is -0.124. The van der Waals surface area contributed by atoms with E-state index >= 15 is 0 Å². The third-order valence-electron chi connectivity index (χ3n) is 5.23. The van der Waals surface area contributed by atoms with Crippen LogP contribution in [0.3, 0.4) is 0 Å². The smallest absolute Gasteiger partial charge is 0.262 e. The minimum absolute atomic E-state index is 0.0267. The number of amides is 2. The summed E-state index contributed by atoms with van der Waals surface area (Å²) in [7, 11) is 0. The van der Waals surface area contributed by atoms with Crippen molar-refractivity contribution >= 4 is 23.7 Å². The van der Waals surface area contributed by atoms with Gasteiger partial charge in [0.1, 0.15) is 6.04 Å². The van der Waals surface area contributed by atoms with Gasteiger partial charge in [0.15, 0.2) is 0 Å². The summed E-state index contributed by atoms with van der Waals surface area (Å²) in [6.45, 7) is 10.1. The Kier molecular flexibility index (Phi) is 9.06. The van der Waals surface area contributed by atoms with Crippen LogP contribution in [-0.4, -0.2) is 37.2 Å². The molecule has 0 saturated carbocycles. The first-order valence-electron chi connectivity index (χ1n) is 10.5. The highest BCUT2D eigenvalue weighted by molar-refractivity contribution is 5.97. The Hall–Kier alpha value is -3.15. The summed E-state index contributed by atoms with van der Waals surface area (Å²) in [5.41, 5.74) is 5.13. The van der Waals surface area contributed by atoms with Crippen molar-refractivity contribution in [3.63, 3.8) is 0 Å². The van der Waals surface area contributed by atoms with Crippen LogP contribution in [0.5, 0.6) is 0 Å². The fraction of sp³-hybridized carbons (Fsp3) is 0.375. The van der Waals surface area contributed by atoms with Gasteiger partial charge in [0, 0.05) is 24.3 Å². The van der Waals surface area contributed by atoms with Crippen molar-refractivity contribution in [1.82, 2.24) is 10.7 Å². The third-order valence-corrected chi connectivity index (χ3v) is 5.23. The molecule has 6 heteroatoms. The first-order chi connectivity index (χ1) is 14.5. The van der Waals surface area contributed by atoms with Gasteiger partial charge in [-0.15, -0.1) is 0 Å². The molecule has 0 heterocycles. The molecule has 0 aliphatic rings. The zero-order valence-corrected chi connectivity index (χ0v) is 18.3. The molecule has 0 aromatic heterocycles. The van der Waals surface area contributed by atoms with E-state index in [1.165, 1.54) is 0 Å². The number of hydrogen-bond acceptors (Lipinski definition) is 4. The molecule has 0 aliphatic carbocycles. The van der Waals surface area contributed by atoms with E-state index in [1.54, 1.807) is 30.5 Å². The quantitative estimate of drug-likeness (QED) is 0.464. The van der Waals surface area contributed by atoms with Gasteiger partial charge in [-0.2, -0.15) is 5.10 Å². The van der Waals surface area contributed by atoms with E-state index in [4.69, 9.17) is 0 Å². The molecule has 2 aromatic rings. The Balaban J connectivity index is 2.00. The van der Waals surface area contributed by atoms with Crippen molar-refractivity contribution in [3.05, 3.63) is 65.7 Å². The molecular weight excluding hydrogens is 376 g/mol. The molecule has 30 heavy (non-hydrogen) atoms. The SMILES string of the molecule is CC[C@@H](C)[C@H](NC(=O)c1ccccc1)C(=O)NN=Cc1ccc(N(CC)CC)cc1. The highest BCUT2D eigenvalue weighted by Crippen LogP contribution is 2.14. The summed E-state index contributed by atoms with van der Waals surface area (Å²) in [5.74, 6) is -0.627. The van der Waals surface area contributed by atoms with E-state index in [1.807, 2.05) is 44.2 Å². The second kappa shape index (κ2) is 11.8. The molecule has 2 amide bonds. The van der Waals surface area contributed by atoms with Crippen LogP contribution in [0.15, 0.2) is 59.7 Å². The molecule has 2 rings (SSSR count). The van der Waals surface area contributed by atoms with Gasteiger partial charge in [-0.05, 0) is 49.6 Å². The van der Waals surface area contributed by atoms with Crippen LogP contribution >= 0.6 is 0 Å². The lowest BCUT2D eigenvalue weighted by Crippen LogP contribution is -2.49. The minimum atomic E-state index is -0.662. The third kappa shape index (κ3) is 6.44. The fourth-order valence-corrected chi connectivity index (χ4v) is 3.12. The second-order valence-corrected chi connectivity index (χ2v) is 7.20. The van der Waals surface area contributed by atoms with Crippen LogP contribution in [0.1, 0.15) is 50.0 Å².